The molecule has 1 fully saturated rings. The minimum Gasteiger partial charge on any atom is -0.359 e. The van der Waals surface area contributed by atoms with Gasteiger partial charge in [-0.15, -0.1) is 0 Å². The van der Waals surface area contributed by atoms with Crippen LogP contribution in [0.25, 0.3) is 0 Å². The van der Waals surface area contributed by atoms with Gasteiger partial charge in [-0.3, -0.25) is 4.79 Å². The molecule has 1 aliphatic heterocycles. The van der Waals surface area contributed by atoms with Gasteiger partial charge in [0.15, 0.2) is 0 Å². The standard InChI is InChI=1S/C15H22ClN3O/c1-15(2,3)18-9-11-4-5-13(12(16)8-11)19-7-6-17-14(20)10-19/h4-5,8,18H,6-7,9-10H2,1-3H3,(H,17,20). The molecular formula is C15H22ClN3O. The number of rotatable bonds is 3. The lowest BCUT2D eigenvalue weighted by molar-refractivity contribution is -0.120. The monoisotopic (exact) mass is 295 g/mol. The summed E-state index contributed by atoms with van der Waals surface area (Å²) >= 11 is 6.36. The molecule has 2 rings (SSSR count). The number of piperazine rings is 1. The first-order valence-corrected chi connectivity index (χ1v) is 7.28. The lowest BCUT2D eigenvalue weighted by atomic mass is 10.1. The topological polar surface area (TPSA) is 44.4 Å². The van der Waals surface area contributed by atoms with Crippen LogP contribution < -0.4 is 15.5 Å². The van der Waals surface area contributed by atoms with Gasteiger partial charge in [0.25, 0.3) is 0 Å². The van der Waals surface area contributed by atoms with Crippen molar-refractivity contribution in [2.24, 2.45) is 0 Å². The molecule has 0 atom stereocenters. The van der Waals surface area contributed by atoms with Crippen molar-refractivity contribution in [3.05, 3.63) is 28.8 Å². The first-order valence-electron chi connectivity index (χ1n) is 6.90. The van der Waals surface area contributed by atoms with E-state index in [2.05, 4.69) is 37.5 Å². The van der Waals surface area contributed by atoms with Gasteiger partial charge < -0.3 is 15.5 Å². The molecule has 4 nitrogen and oxygen atoms in total. The second-order valence-corrected chi connectivity index (χ2v) is 6.57. The molecule has 1 amide bonds. The molecule has 1 aromatic carbocycles. The molecule has 1 aliphatic rings. The Kier molecular flexibility index (Phi) is 4.55. The van der Waals surface area contributed by atoms with Crippen LogP contribution in [-0.4, -0.2) is 31.1 Å². The summed E-state index contributed by atoms with van der Waals surface area (Å²) in [6, 6.07) is 6.04. The van der Waals surface area contributed by atoms with Crippen LogP contribution in [0.5, 0.6) is 0 Å². The molecule has 0 aliphatic carbocycles. The van der Waals surface area contributed by atoms with E-state index in [9.17, 15) is 4.79 Å². The SMILES string of the molecule is CC(C)(C)NCc1ccc(N2CCNC(=O)C2)c(Cl)c1. The highest BCUT2D eigenvalue weighted by molar-refractivity contribution is 6.33. The highest BCUT2D eigenvalue weighted by Crippen LogP contribution is 2.27. The maximum atomic E-state index is 11.4. The van der Waals surface area contributed by atoms with Gasteiger partial charge in [0.05, 0.1) is 17.3 Å². The summed E-state index contributed by atoms with van der Waals surface area (Å²) in [7, 11) is 0. The van der Waals surface area contributed by atoms with Crippen LogP contribution in [0.4, 0.5) is 5.69 Å². The van der Waals surface area contributed by atoms with E-state index in [0.29, 0.717) is 18.1 Å². The molecule has 20 heavy (non-hydrogen) atoms. The van der Waals surface area contributed by atoms with Gasteiger partial charge in [0.2, 0.25) is 5.91 Å². The molecule has 0 saturated carbocycles. The van der Waals surface area contributed by atoms with Crippen molar-refractivity contribution >= 4 is 23.2 Å². The first kappa shape index (κ1) is 15.1. The summed E-state index contributed by atoms with van der Waals surface area (Å²) < 4.78 is 0. The minimum atomic E-state index is 0.0470. The van der Waals surface area contributed by atoms with Crippen LogP contribution in [0.15, 0.2) is 18.2 Å². The summed E-state index contributed by atoms with van der Waals surface area (Å²) in [5.41, 5.74) is 2.16. The second kappa shape index (κ2) is 6.02. The van der Waals surface area contributed by atoms with Crippen LogP contribution in [0, 0.1) is 0 Å². The number of nitrogens with zero attached hydrogens (tertiary/aromatic N) is 1. The fourth-order valence-electron chi connectivity index (χ4n) is 2.13. The Balaban J connectivity index is 2.07. The van der Waals surface area contributed by atoms with E-state index >= 15 is 0 Å². The Hall–Kier alpha value is -1.26. The Labute approximate surface area is 125 Å². The average molecular weight is 296 g/mol. The summed E-state index contributed by atoms with van der Waals surface area (Å²) in [4.78, 5) is 13.4. The average Bonchev–Trinajstić information content (AvgIpc) is 2.35. The zero-order valence-corrected chi connectivity index (χ0v) is 13.0. The predicted octanol–water partition coefficient (Wildman–Crippen LogP) is 2.16. The Bertz CT molecular complexity index is 496. The molecular weight excluding hydrogens is 274 g/mol. The van der Waals surface area contributed by atoms with Crippen LogP contribution >= 0.6 is 11.6 Å². The van der Waals surface area contributed by atoms with Gasteiger partial charge in [-0.25, -0.2) is 0 Å². The van der Waals surface area contributed by atoms with Gasteiger partial charge in [-0.05, 0) is 38.5 Å². The molecule has 5 heteroatoms. The van der Waals surface area contributed by atoms with Crippen molar-refractivity contribution in [1.29, 1.82) is 0 Å². The number of carbonyl (C=O) groups is 1. The maximum absolute atomic E-state index is 11.4. The molecule has 1 heterocycles. The van der Waals surface area contributed by atoms with E-state index in [4.69, 9.17) is 11.6 Å². The van der Waals surface area contributed by atoms with E-state index in [1.54, 1.807) is 0 Å². The molecule has 0 spiro atoms. The van der Waals surface area contributed by atoms with Crippen LogP contribution in [-0.2, 0) is 11.3 Å². The van der Waals surface area contributed by atoms with E-state index in [1.807, 2.05) is 17.0 Å². The highest BCUT2D eigenvalue weighted by atomic mass is 35.5. The number of anilines is 1. The van der Waals surface area contributed by atoms with Gasteiger partial charge in [-0.1, -0.05) is 17.7 Å². The molecule has 1 aromatic rings. The minimum absolute atomic E-state index is 0.0470. The second-order valence-electron chi connectivity index (χ2n) is 6.16. The lowest BCUT2D eigenvalue weighted by Gasteiger charge is -2.29. The van der Waals surface area contributed by atoms with Gasteiger partial charge in [-0.2, -0.15) is 0 Å². The number of halogens is 1. The van der Waals surface area contributed by atoms with Gasteiger partial charge in [0.1, 0.15) is 0 Å². The van der Waals surface area contributed by atoms with E-state index in [1.165, 1.54) is 0 Å². The maximum Gasteiger partial charge on any atom is 0.239 e. The smallest absolute Gasteiger partial charge is 0.239 e. The third kappa shape index (κ3) is 4.12. The third-order valence-corrected chi connectivity index (χ3v) is 3.52. The highest BCUT2D eigenvalue weighted by Gasteiger charge is 2.18. The Morgan fingerprint density at radius 2 is 2.15 bits per heavy atom. The zero-order chi connectivity index (χ0) is 14.8. The number of nitrogens with one attached hydrogen (secondary N) is 2. The molecule has 1 saturated heterocycles. The van der Waals surface area contributed by atoms with Crippen molar-refractivity contribution < 1.29 is 4.79 Å². The van der Waals surface area contributed by atoms with Crippen molar-refractivity contribution in [3.63, 3.8) is 0 Å². The molecule has 0 aromatic heterocycles. The summed E-state index contributed by atoms with van der Waals surface area (Å²) in [6.45, 7) is 9.02. The van der Waals surface area contributed by atoms with Gasteiger partial charge >= 0.3 is 0 Å². The molecule has 0 bridgehead atoms. The quantitative estimate of drug-likeness (QED) is 0.898. The van der Waals surface area contributed by atoms with Gasteiger partial charge in [0, 0.05) is 25.2 Å². The third-order valence-electron chi connectivity index (χ3n) is 3.21. The van der Waals surface area contributed by atoms with E-state index in [-0.39, 0.29) is 11.4 Å². The van der Waals surface area contributed by atoms with Crippen molar-refractivity contribution in [2.45, 2.75) is 32.9 Å². The van der Waals surface area contributed by atoms with Crippen LogP contribution in [0.2, 0.25) is 5.02 Å². The Morgan fingerprint density at radius 3 is 2.75 bits per heavy atom. The number of benzene rings is 1. The fourth-order valence-corrected chi connectivity index (χ4v) is 2.45. The van der Waals surface area contributed by atoms with E-state index < -0.39 is 0 Å². The van der Waals surface area contributed by atoms with E-state index in [0.717, 1.165) is 24.3 Å². The lowest BCUT2D eigenvalue weighted by Crippen LogP contribution is -2.47. The normalized spacial score (nSPS) is 16.2. The van der Waals surface area contributed by atoms with Crippen LogP contribution in [0.1, 0.15) is 26.3 Å². The van der Waals surface area contributed by atoms with Crippen LogP contribution in [0.3, 0.4) is 0 Å². The molecule has 110 valence electrons. The molecule has 0 unspecified atom stereocenters. The summed E-state index contributed by atoms with van der Waals surface area (Å²) in [6.07, 6.45) is 0. The Morgan fingerprint density at radius 1 is 1.40 bits per heavy atom. The largest absolute Gasteiger partial charge is 0.359 e. The zero-order valence-electron chi connectivity index (χ0n) is 12.3. The molecule has 2 N–H and O–H groups in total. The summed E-state index contributed by atoms with van der Waals surface area (Å²) in [5.74, 6) is 0.0470. The number of hydrogen-bond acceptors (Lipinski definition) is 3. The predicted molar refractivity (Wildman–Crippen MR) is 83.3 cm³/mol. The number of amides is 1. The number of hydrogen-bond donors (Lipinski definition) is 2. The summed E-state index contributed by atoms with van der Waals surface area (Å²) in [5, 5.41) is 6.95. The first-order chi connectivity index (χ1) is 9.35. The fraction of sp³-hybridized carbons (Fsp3) is 0.533. The van der Waals surface area contributed by atoms with Crippen molar-refractivity contribution in [1.82, 2.24) is 10.6 Å². The molecule has 0 radical (unpaired) electrons. The van der Waals surface area contributed by atoms with Crippen molar-refractivity contribution in [3.8, 4) is 0 Å². The van der Waals surface area contributed by atoms with Crippen molar-refractivity contribution in [2.75, 3.05) is 24.5 Å². The number of carbonyl (C=O) groups excluding carboxylic acids is 1.